The van der Waals surface area contributed by atoms with Gasteiger partial charge in [0.25, 0.3) is 0 Å². The monoisotopic (exact) mass is 554 g/mol. The van der Waals surface area contributed by atoms with E-state index >= 15 is 0 Å². The molecular weight excluding hydrogens is 520 g/mol. The number of halogens is 1. The summed E-state index contributed by atoms with van der Waals surface area (Å²) in [7, 11) is 0. The van der Waals surface area contributed by atoms with E-state index < -0.39 is 11.6 Å². The van der Waals surface area contributed by atoms with Crippen LogP contribution in [0.15, 0.2) is 30.6 Å². The lowest BCUT2D eigenvalue weighted by Gasteiger charge is -2.43. The first-order valence-corrected chi connectivity index (χ1v) is 13.7. The second-order valence-electron chi connectivity index (χ2n) is 11.3. The lowest BCUT2D eigenvalue weighted by Crippen LogP contribution is -2.60. The predicted octanol–water partition coefficient (Wildman–Crippen LogP) is 2.91. The number of hydrogen-bond donors (Lipinski definition) is 3. The molecular formula is C28H35ClN6O4. The number of amides is 3. The van der Waals surface area contributed by atoms with Gasteiger partial charge in [-0.15, -0.1) is 0 Å². The van der Waals surface area contributed by atoms with E-state index in [1.165, 1.54) is 0 Å². The van der Waals surface area contributed by atoms with Crippen molar-refractivity contribution in [3.8, 4) is 0 Å². The van der Waals surface area contributed by atoms with Crippen LogP contribution < -0.4 is 16.4 Å². The van der Waals surface area contributed by atoms with Gasteiger partial charge in [-0.2, -0.15) is 0 Å². The number of morpholine rings is 1. The second-order valence-corrected chi connectivity index (χ2v) is 11.7. The van der Waals surface area contributed by atoms with Crippen LogP contribution in [0.25, 0.3) is 0 Å². The molecule has 3 amide bonds. The Kier molecular flexibility index (Phi) is 7.80. The normalized spacial score (nSPS) is 20.9. The van der Waals surface area contributed by atoms with Crippen LogP contribution in [0.3, 0.4) is 0 Å². The number of fused-ring (bicyclic) bond motifs is 2. The molecule has 5 rings (SSSR count). The first-order valence-electron chi connectivity index (χ1n) is 13.4. The number of pyridine rings is 1. The lowest BCUT2D eigenvalue weighted by molar-refractivity contribution is -0.150. The number of nitrogens with one attached hydrogen (secondary N) is 2. The minimum Gasteiger partial charge on any atom is -0.372 e. The summed E-state index contributed by atoms with van der Waals surface area (Å²) in [5.74, 6) is -0.385. The molecule has 0 aliphatic carbocycles. The standard InChI is InChI=1S/C28H35ClN6O4/c1-28(2)16-35(14-25(37)34-7-4-17(5-8-34)9-24(30)36)23(15-39-28)27(38)33-21-12-20(29)11-19-10-18-3-6-31-13-22(18)32-26(19)21/h3,6,11-13,17,23,32H,4-5,7-10,14-16H2,1-2H3,(H2,30,36)(H,33,38)/t23-/m0/s1. The summed E-state index contributed by atoms with van der Waals surface area (Å²) in [5.41, 5.74) is 9.16. The number of aromatic nitrogens is 1. The van der Waals surface area contributed by atoms with Gasteiger partial charge in [0.2, 0.25) is 17.7 Å². The van der Waals surface area contributed by atoms with Crippen molar-refractivity contribution in [1.82, 2.24) is 14.8 Å². The molecule has 0 unspecified atom stereocenters. The fourth-order valence-electron chi connectivity index (χ4n) is 5.70. The largest absolute Gasteiger partial charge is 0.372 e. The summed E-state index contributed by atoms with van der Waals surface area (Å²) >= 11 is 6.43. The van der Waals surface area contributed by atoms with E-state index in [-0.39, 0.29) is 36.8 Å². The van der Waals surface area contributed by atoms with Gasteiger partial charge in [0.1, 0.15) is 6.04 Å². The van der Waals surface area contributed by atoms with Gasteiger partial charge in [-0.3, -0.25) is 24.3 Å². The molecule has 2 saturated heterocycles. The quantitative estimate of drug-likeness (QED) is 0.427. The number of ether oxygens (including phenoxy) is 1. The maximum atomic E-state index is 13.7. The molecule has 1 aromatic heterocycles. The number of likely N-dealkylation sites (tertiary alicyclic amines) is 1. The number of piperidine rings is 1. The predicted molar refractivity (Wildman–Crippen MR) is 149 cm³/mol. The van der Waals surface area contributed by atoms with Crippen molar-refractivity contribution in [3.63, 3.8) is 0 Å². The summed E-state index contributed by atoms with van der Waals surface area (Å²) in [6.45, 7) is 5.77. The number of hydrogen-bond acceptors (Lipinski definition) is 7. The van der Waals surface area contributed by atoms with Crippen molar-refractivity contribution in [2.24, 2.45) is 11.7 Å². The van der Waals surface area contributed by atoms with Crippen LogP contribution in [0.4, 0.5) is 17.1 Å². The van der Waals surface area contributed by atoms with Crippen LogP contribution in [0.2, 0.25) is 5.02 Å². The number of nitrogens with two attached hydrogens (primary N) is 1. The first-order chi connectivity index (χ1) is 18.6. The summed E-state index contributed by atoms with van der Waals surface area (Å²) < 4.78 is 6.01. The lowest BCUT2D eigenvalue weighted by atomic mass is 9.93. The van der Waals surface area contributed by atoms with E-state index in [2.05, 4.69) is 15.6 Å². The van der Waals surface area contributed by atoms with Crippen LogP contribution >= 0.6 is 11.6 Å². The van der Waals surface area contributed by atoms with Crippen LogP contribution in [-0.4, -0.2) is 76.9 Å². The second kappa shape index (κ2) is 11.1. The zero-order valence-corrected chi connectivity index (χ0v) is 23.1. The number of rotatable bonds is 6. The third kappa shape index (κ3) is 6.34. The van der Waals surface area contributed by atoms with Gasteiger partial charge in [0, 0.05) is 43.7 Å². The highest BCUT2D eigenvalue weighted by atomic mass is 35.5. The highest BCUT2D eigenvalue weighted by molar-refractivity contribution is 6.31. The van der Waals surface area contributed by atoms with Gasteiger partial charge in [-0.05, 0) is 61.9 Å². The minimum absolute atomic E-state index is 0.0334. The molecule has 208 valence electrons. The molecule has 0 bridgehead atoms. The first kappa shape index (κ1) is 27.4. The summed E-state index contributed by atoms with van der Waals surface area (Å²) in [4.78, 5) is 46.1. The fourth-order valence-corrected chi connectivity index (χ4v) is 5.94. The highest BCUT2D eigenvalue weighted by Gasteiger charge is 2.39. The molecule has 2 aromatic rings. The van der Waals surface area contributed by atoms with Crippen LogP contribution in [0.1, 0.15) is 44.2 Å². The average Bonchev–Trinajstić information content (AvgIpc) is 2.87. The third-order valence-corrected chi connectivity index (χ3v) is 7.97. The molecule has 10 nitrogen and oxygen atoms in total. The van der Waals surface area contributed by atoms with E-state index in [4.69, 9.17) is 22.1 Å². The summed E-state index contributed by atoms with van der Waals surface area (Å²) in [6, 6.07) is 4.93. The highest BCUT2D eigenvalue weighted by Crippen LogP contribution is 2.39. The van der Waals surface area contributed by atoms with E-state index in [0.29, 0.717) is 43.2 Å². The summed E-state index contributed by atoms with van der Waals surface area (Å²) in [6.07, 6.45) is 6.03. The smallest absolute Gasteiger partial charge is 0.244 e. The minimum atomic E-state index is -0.651. The molecule has 1 atom stereocenters. The Balaban J connectivity index is 1.29. The molecule has 0 saturated carbocycles. The molecule has 0 radical (unpaired) electrons. The Bertz CT molecular complexity index is 1280. The maximum Gasteiger partial charge on any atom is 0.244 e. The number of primary amides is 1. The van der Waals surface area contributed by atoms with Crippen molar-refractivity contribution < 1.29 is 19.1 Å². The molecule has 2 fully saturated rings. The maximum absolute atomic E-state index is 13.7. The SMILES string of the molecule is CC1(C)CN(CC(=O)N2CCC(CC(N)=O)CC2)[C@H](C(=O)Nc2cc(Cl)cc3c2Nc2cnccc2C3)CO1. The van der Waals surface area contributed by atoms with Gasteiger partial charge in [0.15, 0.2) is 0 Å². The topological polar surface area (TPSA) is 130 Å². The molecule has 4 heterocycles. The van der Waals surface area contributed by atoms with Crippen molar-refractivity contribution in [1.29, 1.82) is 0 Å². The van der Waals surface area contributed by atoms with Gasteiger partial charge in [-0.25, -0.2) is 0 Å². The Morgan fingerprint density at radius 1 is 1.23 bits per heavy atom. The Morgan fingerprint density at radius 3 is 2.74 bits per heavy atom. The zero-order chi connectivity index (χ0) is 27.7. The van der Waals surface area contributed by atoms with Crippen molar-refractivity contribution in [2.75, 3.05) is 43.4 Å². The van der Waals surface area contributed by atoms with Gasteiger partial charge < -0.3 is 26.0 Å². The number of carbonyl (C=O) groups excluding carboxylic acids is 3. The van der Waals surface area contributed by atoms with Crippen molar-refractivity contribution >= 4 is 46.4 Å². The van der Waals surface area contributed by atoms with E-state index in [1.807, 2.05) is 35.8 Å². The number of benzene rings is 1. The van der Waals surface area contributed by atoms with Crippen LogP contribution in [-0.2, 0) is 25.5 Å². The summed E-state index contributed by atoms with van der Waals surface area (Å²) in [5, 5.41) is 6.96. The molecule has 4 N–H and O–H groups in total. The Hall–Kier alpha value is -3.21. The van der Waals surface area contributed by atoms with E-state index in [0.717, 1.165) is 35.3 Å². The zero-order valence-electron chi connectivity index (χ0n) is 22.3. The van der Waals surface area contributed by atoms with Gasteiger partial charge in [-0.1, -0.05) is 11.6 Å². The van der Waals surface area contributed by atoms with E-state index in [9.17, 15) is 14.4 Å². The molecule has 3 aliphatic heterocycles. The van der Waals surface area contributed by atoms with Crippen LogP contribution in [0.5, 0.6) is 0 Å². The third-order valence-electron chi connectivity index (χ3n) is 7.75. The molecule has 0 spiro atoms. The number of nitrogens with zero attached hydrogens (tertiary/aromatic N) is 3. The molecule has 1 aromatic carbocycles. The van der Waals surface area contributed by atoms with Crippen LogP contribution in [0, 0.1) is 5.92 Å². The fraction of sp³-hybridized carbons (Fsp3) is 0.500. The van der Waals surface area contributed by atoms with Crippen molar-refractivity contribution in [2.45, 2.75) is 51.2 Å². The average molecular weight is 555 g/mol. The van der Waals surface area contributed by atoms with Gasteiger partial charge in [0.05, 0.1) is 42.0 Å². The Labute approximate surface area is 233 Å². The molecule has 11 heteroatoms. The van der Waals surface area contributed by atoms with Crippen molar-refractivity contribution in [3.05, 3.63) is 46.7 Å². The number of carbonyl (C=O) groups is 3. The molecule has 3 aliphatic rings. The van der Waals surface area contributed by atoms with Gasteiger partial charge >= 0.3 is 0 Å². The Morgan fingerprint density at radius 2 is 2.00 bits per heavy atom. The van der Waals surface area contributed by atoms with E-state index in [1.54, 1.807) is 18.5 Å². The molecule has 39 heavy (non-hydrogen) atoms. The number of anilines is 3.